The third-order valence-corrected chi connectivity index (χ3v) is 15.0. The van der Waals surface area contributed by atoms with Crippen LogP contribution in [0.5, 0.6) is 11.5 Å². The highest BCUT2D eigenvalue weighted by molar-refractivity contribution is 6.74. The van der Waals surface area contributed by atoms with Gasteiger partial charge in [0.25, 0.3) is 5.56 Å². The van der Waals surface area contributed by atoms with E-state index in [4.69, 9.17) is 28.4 Å². The predicted octanol–water partition coefficient (Wildman–Crippen LogP) is 7.89. The molecule has 5 aromatic rings. The molecule has 3 heterocycles. The second-order valence-corrected chi connectivity index (χ2v) is 20.4. The quantitative estimate of drug-likeness (QED) is 0.0865. The first-order valence-electron chi connectivity index (χ1n) is 18.3. The van der Waals surface area contributed by atoms with E-state index in [0.717, 1.165) is 28.2 Å². The van der Waals surface area contributed by atoms with Crippen LogP contribution in [0.15, 0.2) is 90.0 Å². The Hall–Kier alpha value is -4.49. The summed E-state index contributed by atoms with van der Waals surface area (Å²) in [5.74, 6) is 2.26. The number of aromatic nitrogens is 4. The standard InChI is InChI=1S/C41H53N5O6Si/c1-27(2)24-42-39-44-37-36(38(47)45-39)43-26-46(37)35-23-33(52-53(8,9)40(3,4)5)34(51-35)25-50-41(28-13-11-10-12-14-28,29-15-19-31(48-6)20-16-29)30-17-21-32(49-7)22-18-30/h10-22,26-27,33-35H,23-25H2,1-9H3,(H2,42,44,45,47)/t33-,34-,35-/m1/s1. The summed E-state index contributed by atoms with van der Waals surface area (Å²) >= 11 is 0. The third kappa shape index (κ3) is 7.91. The second kappa shape index (κ2) is 15.5. The molecule has 1 fully saturated rings. The van der Waals surface area contributed by atoms with Crippen molar-refractivity contribution in [2.75, 3.05) is 32.7 Å². The van der Waals surface area contributed by atoms with Gasteiger partial charge in [-0.05, 0) is 65.0 Å². The normalized spacial score (nSPS) is 18.1. The summed E-state index contributed by atoms with van der Waals surface area (Å²) in [6.45, 7) is 16.3. The molecule has 282 valence electrons. The number of nitrogens with zero attached hydrogens (tertiary/aromatic N) is 3. The summed E-state index contributed by atoms with van der Waals surface area (Å²) in [5, 5.41) is 3.21. The fourth-order valence-corrected chi connectivity index (χ4v) is 7.86. The third-order valence-electron chi connectivity index (χ3n) is 10.5. The van der Waals surface area contributed by atoms with E-state index < -0.39 is 26.3 Å². The minimum absolute atomic E-state index is 0.0377. The van der Waals surface area contributed by atoms with Gasteiger partial charge in [-0.3, -0.25) is 14.3 Å². The van der Waals surface area contributed by atoms with E-state index in [9.17, 15) is 4.79 Å². The van der Waals surface area contributed by atoms with Crippen LogP contribution in [0.2, 0.25) is 18.1 Å². The summed E-state index contributed by atoms with van der Waals surface area (Å²) in [6, 6.07) is 26.2. The molecule has 11 nitrogen and oxygen atoms in total. The van der Waals surface area contributed by atoms with Crippen LogP contribution in [0.4, 0.5) is 5.95 Å². The van der Waals surface area contributed by atoms with Gasteiger partial charge in [0.15, 0.2) is 19.5 Å². The molecule has 0 radical (unpaired) electrons. The number of hydrogen-bond donors (Lipinski definition) is 2. The zero-order valence-corrected chi connectivity index (χ0v) is 33.3. The van der Waals surface area contributed by atoms with Crippen LogP contribution in [0.25, 0.3) is 11.2 Å². The molecule has 0 amide bonds. The van der Waals surface area contributed by atoms with E-state index in [-0.39, 0.29) is 28.8 Å². The first-order chi connectivity index (χ1) is 25.3. The number of benzene rings is 3. The lowest BCUT2D eigenvalue weighted by Gasteiger charge is -2.40. The molecular formula is C41H53N5O6Si. The molecule has 2 aromatic heterocycles. The topological polar surface area (TPSA) is 122 Å². The maximum absolute atomic E-state index is 13.1. The Balaban J connectivity index is 1.42. The van der Waals surface area contributed by atoms with Gasteiger partial charge >= 0.3 is 0 Å². The van der Waals surface area contributed by atoms with Gasteiger partial charge in [0.05, 0.1) is 33.3 Å². The Labute approximate surface area is 313 Å². The van der Waals surface area contributed by atoms with Gasteiger partial charge < -0.3 is 28.7 Å². The Morgan fingerprint density at radius 1 is 0.925 bits per heavy atom. The highest BCUT2D eigenvalue weighted by Crippen LogP contribution is 2.45. The van der Waals surface area contributed by atoms with Gasteiger partial charge in [0.1, 0.15) is 29.4 Å². The Bertz CT molecular complexity index is 1980. The van der Waals surface area contributed by atoms with Gasteiger partial charge in [0.2, 0.25) is 5.95 Å². The maximum atomic E-state index is 13.1. The van der Waals surface area contributed by atoms with Crippen LogP contribution in [0.3, 0.4) is 0 Å². The van der Waals surface area contributed by atoms with Crippen molar-refractivity contribution >= 4 is 25.4 Å². The number of methoxy groups -OCH3 is 2. The monoisotopic (exact) mass is 739 g/mol. The largest absolute Gasteiger partial charge is 0.497 e. The second-order valence-electron chi connectivity index (χ2n) is 15.6. The number of imidazole rings is 1. The summed E-state index contributed by atoms with van der Waals surface area (Å²) < 4.78 is 34.3. The molecule has 53 heavy (non-hydrogen) atoms. The first kappa shape index (κ1) is 38.2. The molecule has 1 saturated heterocycles. The maximum Gasteiger partial charge on any atom is 0.280 e. The van der Waals surface area contributed by atoms with Crippen molar-refractivity contribution in [2.45, 2.75) is 83.2 Å². The van der Waals surface area contributed by atoms with Crippen LogP contribution >= 0.6 is 0 Å². The van der Waals surface area contributed by atoms with Crippen LogP contribution in [-0.2, 0) is 19.5 Å². The highest BCUT2D eigenvalue weighted by Gasteiger charge is 2.47. The number of H-pyrrole nitrogens is 1. The smallest absolute Gasteiger partial charge is 0.280 e. The van der Waals surface area contributed by atoms with E-state index in [0.29, 0.717) is 30.5 Å². The van der Waals surface area contributed by atoms with Crippen LogP contribution in [-0.4, -0.2) is 67.4 Å². The first-order valence-corrected chi connectivity index (χ1v) is 21.2. The van der Waals surface area contributed by atoms with Crippen molar-refractivity contribution < 1.29 is 23.4 Å². The summed E-state index contributed by atoms with van der Waals surface area (Å²) in [7, 11) is 1.05. The van der Waals surface area contributed by atoms with E-state index in [1.807, 2.05) is 71.3 Å². The molecule has 12 heteroatoms. The minimum atomic E-state index is -2.28. The van der Waals surface area contributed by atoms with Gasteiger partial charge in [-0.2, -0.15) is 4.98 Å². The zero-order valence-electron chi connectivity index (χ0n) is 32.3. The number of nitrogens with one attached hydrogen (secondary N) is 2. The van der Waals surface area contributed by atoms with E-state index in [1.54, 1.807) is 20.5 Å². The van der Waals surface area contributed by atoms with Crippen molar-refractivity contribution in [3.05, 3.63) is 112 Å². The fourth-order valence-electron chi connectivity index (χ4n) is 6.50. The number of rotatable bonds is 14. The number of fused-ring (bicyclic) bond motifs is 1. The van der Waals surface area contributed by atoms with Crippen molar-refractivity contribution in [3.63, 3.8) is 0 Å². The summed E-state index contributed by atoms with van der Waals surface area (Å²) in [5.41, 5.74) is 2.18. The number of anilines is 1. The molecule has 0 bridgehead atoms. The Kier molecular flexibility index (Phi) is 11.2. The molecule has 3 atom stereocenters. The lowest BCUT2D eigenvalue weighted by Crippen LogP contribution is -2.47. The molecule has 1 aliphatic rings. The minimum Gasteiger partial charge on any atom is -0.497 e. The lowest BCUT2D eigenvalue weighted by molar-refractivity contribution is -0.0914. The molecule has 6 rings (SSSR count). The van der Waals surface area contributed by atoms with Crippen molar-refractivity contribution in [2.24, 2.45) is 5.92 Å². The SMILES string of the molecule is COc1ccc(C(OC[C@H]2O[C@@H](n3cnc4c(=O)[nH]c(NCC(C)C)nc43)C[C@H]2O[Si](C)(C)C(C)(C)C)(c2ccccc2)c2ccc(OC)cc2)cc1. The molecule has 0 saturated carbocycles. The zero-order chi connectivity index (χ0) is 38.0. The molecule has 0 aliphatic carbocycles. The van der Waals surface area contributed by atoms with Crippen LogP contribution in [0, 0.1) is 5.92 Å². The fraction of sp³-hybridized carbons (Fsp3) is 0.439. The average molecular weight is 740 g/mol. The van der Waals surface area contributed by atoms with Crippen LogP contribution in [0.1, 0.15) is 64.0 Å². The Morgan fingerprint density at radius 3 is 2.06 bits per heavy atom. The van der Waals surface area contributed by atoms with E-state index in [2.05, 4.69) is 75.1 Å². The van der Waals surface area contributed by atoms with Crippen molar-refractivity contribution in [1.29, 1.82) is 0 Å². The number of aromatic amines is 1. The van der Waals surface area contributed by atoms with Crippen LogP contribution < -0.4 is 20.3 Å². The van der Waals surface area contributed by atoms with Gasteiger partial charge in [0, 0.05) is 13.0 Å². The number of hydrogen-bond acceptors (Lipinski definition) is 9. The van der Waals surface area contributed by atoms with Gasteiger partial charge in [-0.1, -0.05) is 89.2 Å². The van der Waals surface area contributed by atoms with Gasteiger partial charge in [-0.15, -0.1) is 0 Å². The lowest BCUT2D eigenvalue weighted by atomic mass is 9.80. The molecule has 0 unspecified atom stereocenters. The average Bonchev–Trinajstić information content (AvgIpc) is 3.75. The highest BCUT2D eigenvalue weighted by atomic mass is 28.4. The van der Waals surface area contributed by atoms with E-state index in [1.165, 1.54) is 0 Å². The Morgan fingerprint density at radius 2 is 1.51 bits per heavy atom. The molecular weight excluding hydrogens is 687 g/mol. The molecule has 1 aliphatic heterocycles. The predicted molar refractivity (Wildman–Crippen MR) is 210 cm³/mol. The van der Waals surface area contributed by atoms with Gasteiger partial charge in [-0.25, -0.2) is 4.98 Å². The molecule has 2 N–H and O–H groups in total. The molecule has 3 aromatic carbocycles. The van der Waals surface area contributed by atoms with E-state index >= 15 is 0 Å². The van der Waals surface area contributed by atoms with Crippen molar-refractivity contribution in [3.8, 4) is 11.5 Å². The number of ether oxygens (including phenoxy) is 4. The van der Waals surface area contributed by atoms with Crippen molar-refractivity contribution in [1.82, 2.24) is 19.5 Å². The summed E-state index contributed by atoms with van der Waals surface area (Å²) in [6.07, 6.45) is 0.896. The molecule has 0 spiro atoms. The summed E-state index contributed by atoms with van der Waals surface area (Å²) in [4.78, 5) is 25.2.